The van der Waals surface area contributed by atoms with Gasteiger partial charge in [0.2, 0.25) is 5.82 Å². The van der Waals surface area contributed by atoms with Gasteiger partial charge in [-0.1, -0.05) is 0 Å². The van der Waals surface area contributed by atoms with Gasteiger partial charge in [0.25, 0.3) is 0 Å². The molecule has 0 spiro atoms. The van der Waals surface area contributed by atoms with E-state index in [2.05, 4.69) is 31.2 Å². The third-order valence-electron chi connectivity index (χ3n) is 2.27. The first kappa shape index (κ1) is 15.4. The maximum atomic E-state index is 13.6. The number of rotatable bonds is 2. The number of nitrogens with one attached hydrogen (secondary N) is 1. The maximum absolute atomic E-state index is 13.6. The number of nitrogen functional groups attached to an aromatic ring is 1. The van der Waals surface area contributed by atoms with Crippen LogP contribution in [-0.2, 0) is 6.18 Å². The standard InChI is InChI=1S/C11H6BrF5N4/c12-4-1-6(14)7(2-5(4)13)19-9-3-8(18)20-10(21-9)11(15,16)17/h1-3H,(H3,18,19,20,21). The van der Waals surface area contributed by atoms with Gasteiger partial charge >= 0.3 is 6.18 Å². The Bertz CT molecular complexity index is 689. The van der Waals surface area contributed by atoms with E-state index in [0.717, 1.165) is 18.2 Å². The Hall–Kier alpha value is -1.97. The second-order valence-electron chi connectivity index (χ2n) is 3.87. The van der Waals surface area contributed by atoms with Crippen molar-refractivity contribution < 1.29 is 22.0 Å². The number of alkyl halides is 3. The first-order chi connectivity index (χ1) is 9.66. The van der Waals surface area contributed by atoms with Crippen LogP contribution in [0, 0.1) is 11.6 Å². The highest BCUT2D eigenvalue weighted by molar-refractivity contribution is 9.10. The van der Waals surface area contributed by atoms with Crippen molar-refractivity contribution in [1.82, 2.24) is 9.97 Å². The zero-order valence-electron chi connectivity index (χ0n) is 9.97. The average Bonchev–Trinajstić information content (AvgIpc) is 2.34. The van der Waals surface area contributed by atoms with Crippen molar-refractivity contribution in [2.45, 2.75) is 6.18 Å². The highest BCUT2D eigenvalue weighted by Gasteiger charge is 2.35. The fourth-order valence-corrected chi connectivity index (χ4v) is 1.73. The van der Waals surface area contributed by atoms with Gasteiger partial charge in [0.05, 0.1) is 10.2 Å². The van der Waals surface area contributed by atoms with Crippen LogP contribution in [-0.4, -0.2) is 9.97 Å². The molecular weight excluding hydrogens is 363 g/mol. The lowest BCUT2D eigenvalue weighted by Crippen LogP contribution is -2.13. The normalized spacial score (nSPS) is 11.5. The van der Waals surface area contributed by atoms with E-state index in [0.29, 0.717) is 0 Å². The largest absolute Gasteiger partial charge is 0.451 e. The molecule has 0 amide bonds. The first-order valence-corrected chi connectivity index (χ1v) is 6.09. The van der Waals surface area contributed by atoms with E-state index in [1.165, 1.54) is 0 Å². The van der Waals surface area contributed by atoms with E-state index in [1.807, 2.05) is 0 Å². The predicted octanol–water partition coefficient (Wildman–Crippen LogP) is 3.86. The number of halogens is 6. The summed E-state index contributed by atoms with van der Waals surface area (Å²) in [7, 11) is 0. The molecule has 2 aromatic rings. The molecule has 2 rings (SSSR count). The van der Waals surface area contributed by atoms with Crippen LogP contribution in [0.1, 0.15) is 5.82 Å². The van der Waals surface area contributed by atoms with Gasteiger partial charge in [-0.2, -0.15) is 13.2 Å². The summed E-state index contributed by atoms with van der Waals surface area (Å²) in [6.07, 6.45) is -4.81. The smallest absolute Gasteiger partial charge is 0.384 e. The fraction of sp³-hybridized carbons (Fsp3) is 0.0909. The van der Waals surface area contributed by atoms with Crippen LogP contribution in [0.2, 0.25) is 0 Å². The van der Waals surface area contributed by atoms with Gasteiger partial charge < -0.3 is 11.1 Å². The molecular formula is C11H6BrF5N4. The molecule has 1 aromatic heterocycles. The van der Waals surface area contributed by atoms with Crippen LogP contribution in [0.5, 0.6) is 0 Å². The monoisotopic (exact) mass is 368 g/mol. The Labute approximate surface area is 123 Å². The van der Waals surface area contributed by atoms with Crippen LogP contribution in [0.3, 0.4) is 0 Å². The summed E-state index contributed by atoms with van der Waals surface area (Å²) in [5, 5.41) is 2.23. The number of anilines is 3. The summed E-state index contributed by atoms with van der Waals surface area (Å²) >= 11 is 2.78. The van der Waals surface area contributed by atoms with Crippen molar-refractivity contribution in [3.63, 3.8) is 0 Å². The minimum absolute atomic E-state index is 0.122. The van der Waals surface area contributed by atoms with Crippen LogP contribution in [0.25, 0.3) is 0 Å². The molecule has 112 valence electrons. The minimum atomic E-state index is -4.81. The molecule has 10 heteroatoms. The highest BCUT2D eigenvalue weighted by atomic mass is 79.9. The number of nitrogens with zero attached hydrogens (tertiary/aromatic N) is 2. The van der Waals surface area contributed by atoms with Crippen molar-refractivity contribution in [3.05, 3.63) is 40.1 Å². The molecule has 0 bridgehead atoms. The number of hydrogen-bond donors (Lipinski definition) is 2. The quantitative estimate of drug-likeness (QED) is 0.624. The molecule has 0 aliphatic carbocycles. The van der Waals surface area contributed by atoms with E-state index < -0.39 is 35.3 Å². The van der Waals surface area contributed by atoms with Crippen LogP contribution < -0.4 is 11.1 Å². The molecule has 0 saturated heterocycles. The fourth-order valence-electron chi connectivity index (χ4n) is 1.41. The number of benzene rings is 1. The van der Waals surface area contributed by atoms with E-state index in [4.69, 9.17) is 5.73 Å². The van der Waals surface area contributed by atoms with Gasteiger partial charge in [0.15, 0.2) is 0 Å². The maximum Gasteiger partial charge on any atom is 0.451 e. The van der Waals surface area contributed by atoms with Crippen molar-refractivity contribution in [2.75, 3.05) is 11.1 Å². The molecule has 0 saturated carbocycles. The Morgan fingerprint density at radius 3 is 2.33 bits per heavy atom. The van der Waals surface area contributed by atoms with Crippen molar-refractivity contribution in [3.8, 4) is 0 Å². The van der Waals surface area contributed by atoms with Crippen molar-refractivity contribution >= 4 is 33.3 Å². The Morgan fingerprint density at radius 2 is 1.71 bits per heavy atom. The first-order valence-electron chi connectivity index (χ1n) is 5.30. The molecule has 4 nitrogen and oxygen atoms in total. The van der Waals surface area contributed by atoms with Crippen molar-refractivity contribution in [1.29, 1.82) is 0 Å². The summed E-state index contributed by atoms with van der Waals surface area (Å²) in [4.78, 5) is 6.19. The van der Waals surface area contributed by atoms with Gasteiger partial charge in [-0.25, -0.2) is 18.7 Å². The van der Waals surface area contributed by atoms with Crippen LogP contribution in [0.15, 0.2) is 22.7 Å². The molecule has 0 atom stereocenters. The second kappa shape index (κ2) is 5.43. The summed E-state index contributed by atoms with van der Waals surface area (Å²) in [5.41, 5.74) is 4.85. The Kier molecular flexibility index (Phi) is 3.99. The predicted molar refractivity (Wildman–Crippen MR) is 68.8 cm³/mol. The van der Waals surface area contributed by atoms with E-state index in [-0.39, 0.29) is 10.2 Å². The van der Waals surface area contributed by atoms with Crippen molar-refractivity contribution in [2.24, 2.45) is 0 Å². The molecule has 0 aliphatic heterocycles. The van der Waals surface area contributed by atoms with Crippen LogP contribution >= 0.6 is 15.9 Å². The lowest BCUT2D eigenvalue weighted by atomic mass is 10.3. The highest BCUT2D eigenvalue weighted by Crippen LogP contribution is 2.30. The molecule has 0 unspecified atom stereocenters. The summed E-state index contributed by atoms with van der Waals surface area (Å²) in [6.45, 7) is 0. The number of hydrogen-bond acceptors (Lipinski definition) is 4. The third kappa shape index (κ3) is 3.57. The minimum Gasteiger partial charge on any atom is -0.384 e. The van der Waals surface area contributed by atoms with E-state index in [9.17, 15) is 22.0 Å². The zero-order chi connectivity index (χ0) is 15.8. The molecule has 0 radical (unpaired) electrons. The Morgan fingerprint density at radius 1 is 1.05 bits per heavy atom. The number of nitrogens with two attached hydrogens (primary N) is 1. The van der Waals surface area contributed by atoms with E-state index >= 15 is 0 Å². The molecule has 3 N–H and O–H groups in total. The molecule has 1 heterocycles. The lowest BCUT2D eigenvalue weighted by Gasteiger charge is -2.11. The Balaban J connectivity index is 2.40. The number of aromatic nitrogens is 2. The molecule has 0 aliphatic rings. The average molecular weight is 369 g/mol. The molecule has 1 aromatic carbocycles. The zero-order valence-corrected chi connectivity index (χ0v) is 11.6. The summed E-state index contributed by atoms with van der Waals surface area (Å²) in [5.74, 6) is -4.03. The summed E-state index contributed by atoms with van der Waals surface area (Å²) in [6, 6.07) is 2.56. The summed E-state index contributed by atoms with van der Waals surface area (Å²) < 4.78 is 64.4. The second-order valence-corrected chi connectivity index (χ2v) is 4.72. The van der Waals surface area contributed by atoms with Gasteiger partial charge in [-0.05, 0) is 22.0 Å². The van der Waals surface area contributed by atoms with Gasteiger partial charge in [-0.15, -0.1) is 0 Å². The van der Waals surface area contributed by atoms with Gasteiger partial charge in [0.1, 0.15) is 23.3 Å². The van der Waals surface area contributed by atoms with Gasteiger partial charge in [-0.3, -0.25) is 0 Å². The lowest BCUT2D eigenvalue weighted by molar-refractivity contribution is -0.144. The van der Waals surface area contributed by atoms with Crippen LogP contribution in [0.4, 0.5) is 39.3 Å². The van der Waals surface area contributed by atoms with Gasteiger partial charge in [0, 0.05) is 12.1 Å². The third-order valence-corrected chi connectivity index (χ3v) is 2.88. The molecule has 0 fully saturated rings. The SMILES string of the molecule is Nc1cc(Nc2cc(F)c(Br)cc2F)nc(C(F)(F)F)n1. The van der Waals surface area contributed by atoms with E-state index in [1.54, 1.807) is 0 Å². The topological polar surface area (TPSA) is 63.8 Å². The molecule has 21 heavy (non-hydrogen) atoms.